The number of amides is 2. The number of nitrogens with one attached hydrogen (secondary N) is 1. The highest BCUT2D eigenvalue weighted by Gasteiger charge is 2.09. The lowest BCUT2D eigenvalue weighted by atomic mass is 10.2. The minimum Gasteiger partial charge on any atom is -0.383 e. The van der Waals surface area contributed by atoms with Crippen LogP contribution >= 0.6 is 0 Å². The summed E-state index contributed by atoms with van der Waals surface area (Å²) in [6.45, 7) is 2.72. The van der Waals surface area contributed by atoms with E-state index in [2.05, 4.69) is 5.32 Å². The molecule has 0 atom stereocenters. The van der Waals surface area contributed by atoms with E-state index in [9.17, 15) is 9.18 Å². The van der Waals surface area contributed by atoms with Crippen molar-refractivity contribution in [1.29, 1.82) is 0 Å². The van der Waals surface area contributed by atoms with Gasteiger partial charge < -0.3 is 15.0 Å². The Morgan fingerprint density at radius 3 is 2.82 bits per heavy atom. The first-order valence-corrected chi connectivity index (χ1v) is 5.32. The number of hydrogen-bond donors (Lipinski definition) is 1. The van der Waals surface area contributed by atoms with Crippen LogP contribution in [0.5, 0.6) is 0 Å². The van der Waals surface area contributed by atoms with Gasteiger partial charge in [-0.2, -0.15) is 0 Å². The maximum Gasteiger partial charge on any atom is 0.321 e. The van der Waals surface area contributed by atoms with Crippen molar-refractivity contribution in [2.45, 2.75) is 6.92 Å². The fourth-order valence-electron chi connectivity index (χ4n) is 1.31. The summed E-state index contributed by atoms with van der Waals surface area (Å²) in [7, 11) is 3.25. The Kier molecular flexibility index (Phi) is 4.90. The average molecular weight is 240 g/mol. The number of urea groups is 1. The molecule has 0 aliphatic rings. The number of anilines is 1. The molecule has 0 aromatic heterocycles. The van der Waals surface area contributed by atoms with Gasteiger partial charge in [0, 0.05) is 26.4 Å². The second-order valence-corrected chi connectivity index (χ2v) is 3.80. The number of aryl methyl sites for hydroxylation is 1. The number of rotatable bonds is 4. The van der Waals surface area contributed by atoms with E-state index in [0.29, 0.717) is 24.4 Å². The fraction of sp³-hybridized carbons (Fsp3) is 0.417. The number of carbonyl (C=O) groups excluding carboxylic acids is 1. The standard InChI is InChI=1S/C12H17FN2O2/c1-9-8-10(13)4-5-11(9)14-12(16)15(2)6-7-17-3/h4-5,8H,6-7H2,1-3H3,(H,14,16). The van der Waals surface area contributed by atoms with Gasteiger partial charge in [-0.05, 0) is 30.7 Å². The molecular formula is C12H17FN2O2. The second-order valence-electron chi connectivity index (χ2n) is 3.80. The zero-order chi connectivity index (χ0) is 12.8. The minimum atomic E-state index is -0.312. The third-order valence-electron chi connectivity index (χ3n) is 2.41. The minimum absolute atomic E-state index is 0.239. The van der Waals surface area contributed by atoms with Crippen LogP contribution in [0.3, 0.4) is 0 Å². The first kappa shape index (κ1) is 13.4. The van der Waals surface area contributed by atoms with Crippen LogP contribution < -0.4 is 5.32 Å². The van der Waals surface area contributed by atoms with Crippen molar-refractivity contribution in [3.8, 4) is 0 Å². The molecule has 94 valence electrons. The van der Waals surface area contributed by atoms with E-state index in [1.165, 1.54) is 17.0 Å². The molecule has 0 aliphatic heterocycles. The van der Waals surface area contributed by atoms with Crippen LogP contribution in [0.4, 0.5) is 14.9 Å². The Morgan fingerprint density at radius 1 is 1.53 bits per heavy atom. The van der Waals surface area contributed by atoms with E-state index in [4.69, 9.17) is 4.74 Å². The number of halogens is 1. The fourth-order valence-corrected chi connectivity index (χ4v) is 1.31. The Morgan fingerprint density at radius 2 is 2.24 bits per heavy atom. The van der Waals surface area contributed by atoms with Crippen LogP contribution in [-0.4, -0.2) is 38.2 Å². The second kappa shape index (κ2) is 6.20. The lowest BCUT2D eigenvalue weighted by Crippen LogP contribution is -2.34. The summed E-state index contributed by atoms with van der Waals surface area (Å²) < 4.78 is 17.8. The van der Waals surface area contributed by atoms with Crippen LogP contribution in [0.1, 0.15) is 5.56 Å². The predicted octanol–water partition coefficient (Wildman–Crippen LogP) is 2.24. The zero-order valence-electron chi connectivity index (χ0n) is 10.3. The number of hydrogen-bond acceptors (Lipinski definition) is 2. The SMILES string of the molecule is COCCN(C)C(=O)Nc1ccc(F)cc1C. The summed E-state index contributed by atoms with van der Waals surface area (Å²) in [4.78, 5) is 13.2. The van der Waals surface area contributed by atoms with Crippen molar-refractivity contribution in [2.24, 2.45) is 0 Å². The van der Waals surface area contributed by atoms with E-state index >= 15 is 0 Å². The van der Waals surface area contributed by atoms with Gasteiger partial charge >= 0.3 is 6.03 Å². The van der Waals surface area contributed by atoms with E-state index in [0.717, 1.165) is 0 Å². The molecule has 5 heteroatoms. The number of nitrogens with zero attached hydrogens (tertiary/aromatic N) is 1. The van der Waals surface area contributed by atoms with Gasteiger partial charge in [-0.3, -0.25) is 0 Å². The van der Waals surface area contributed by atoms with Crippen molar-refractivity contribution in [3.63, 3.8) is 0 Å². The topological polar surface area (TPSA) is 41.6 Å². The number of likely N-dealkylation sites (N-methyl/N-ethyl adjacent to an activating group) is 1. The molecule has 1 rings (SSSR count). The Labute approximate surface area is 100 Å². The maximum atomic E-state index is 12.9. The van der Waals surface area contributed by atoms with Crippen molar-refractivity contribution in [2.75, 3.05) is 32.6 Å². The maximum absolute atomic E-state index is 12.9. The lowest BCUT2D eigenvalue weighted by Gasteiger charge is -2.18. The summed E-state index contributed by atoms with van der Waals surface area (Å²) >= 11 is 0. The monoisotopic (exact) mass is 240 g/mol. The normalized spacial score (nSPS) is 10.1. The molecule has 1 aromatic carbocycles. The Hall–Kier alpha value is -1.62. The van der Waals surface area contributed by atoms with Gasteiger partial charge in [0.15, 0.2) is 0 Å². The van der Waals surface area contributed by atoms with E-state index in [1.54, 1.807) is 27.1 Å². The molecule has 0 aliphatic carbocycles. The molecule has 1 N–H and O–H groups in total. The molecule has 4 nitrogen and oxygen atoms in total. The largest absolute Gasteiger partial charge is 0.383 e. The van der Waals surface area contributed by atoms with Crippen LogP contribution in [0.25, 0.3) is 0 Å². The highest BCUT2D eigenvalue weighted by atomic mass is 19.1. The molecular weight excluding hydrogens is 223 g/mol. The van der Waals surface area contributed by atoms with Gasteiger partial charge in [-0.1, -0.05) is 0 Å². The number of benzene rings is 1. The highest BCUT2D eigenvalue weighted by molar-refractivity contribution is 5.89. The summed E-state index contributed by atoms with van der Waals surface area (Å²) in [6.07, 6.45) is 0. The molecule has 1 aromatic rings. The van der Waals surface area contributed by atoms with Crippen molar-refractivity contribution in [3.05, 3.63) is 29.6 Å². The average Bonchev–Trinajstić information content (AvgIpc) is 2.29. The molecule has 0 spiro atoms. The first-order valence-electron chi connectivity index (χ1n) is 5.32. The van der Waals surface area contributed by atoms with Crippen LogP contribution in [0.2, 0.25) is 0 Å². The van der Waals surface area contributed by atoms with Crippen molar-refractivity contribution < 1.29 is 13.9 Å². The summed E-state index contributed by atoms with van der Waals surface area (Å²) in [5, 5.41) is 2.71. The third-order valence-corrected chi connectivity index (χ3v) is 2.41. The first-order chi connectivity index (χ1) is 8.04. The molecule has 0 unspecified atom stereocenters. The van der Waals surface area contributed by atoms with Gasteiger partial charge in [0.25, 0.3) is 0 Å². The summed E-state index contributed by atoms with van der Waals surface area (Å²) in [5.74, 6) is -0.312. The van der Waals surface area contributed by atoms with Crippen molar-refractivity contribution >= 4 is 11.7 Å². The van der Waals surface area contributed by atoms with Gasteiger partial charge in [0.1, 0.15) is 5.82 Å². The summed E-state index contributed by atoms with van der Waals surface area (Å²) in [5.41, 5.74) is 1.30. The molecule has 17 heavy (non-hydrogen) atoms. The van der Waals surface area contributed by atoms with Gasteiger partial charge in [-0.15, -0.1) is 0 Å². The zero-order valence-corrected chi connectivity index (χ0v) is 10.3. The van der Waals surface area contributed by atoms with Gasteiger partial charge in [-0.25, -0.2) is 9.18 Å². The molecule has 0 radical (unpaired) electrons. The van der Waals surface area contributed by atoms with E-state index in [-0.39, 0.29) is 11.8 Å². The van der Waals surface area contributed by atoms with Crippen LogP contribution in [0.15, 0.2) is 18.2 Å². The number of ether oxygens (including phenoxy) is 1. The number of methoxy groups -OCH3 is 1. The highest BCUT2D eigenvalue weighted by Crippen LogP contribution is 2.15. The third kappa shape index (κ3) is 4.03. The lowest BCUT2D eigenvalue weighted by molar-refractivity contribution is 0.165. The molecule has 2 amide bonds. The van der Waals surface area contributed by atoms with E-state index in [1.807, 2.05) is 0 Å². The molecule has 0 fully saturated rings. The molecule has 0 heterocycles. The van der Waals surface area contributed by atoms with Crippen LogP contribution in [0, 0.1) is 12.7 Å². The quantitative estimate of drug-likeness (QED) is 0.877. The van der Waals surface area contributed by atoms with Crippen molar-refractivity contribution in [1.82, 2.24) is 4.90 Å². The Balaban J connectivity index is 2.61. The predicted molar refractivity (Wildman–Crippen MR) is 64.7 cm³/mol. The van der Waals surface area contributed by atoms with E-state index < -0.39 is 0 Å². The molecule has 0 saturated carbocycles. The Bertz CT molecular complexity index is 396. The smallest absolute Gasteiger partial charge is 0.321 e. The number of carbonyl (C=O) groups is 1. The summed E-state index contributed by atoms with van der Waals surface area (Å²) in [6, 6.07) is 4.01. The van der Waals surface area contributed by atoms with Gasteiger partial charge in [0.2, 0.25) is 0 Å². The molecule has 0 bridgehead atoms. The molecule has 0 saturated heterocycles. The van der Waals surface area contributed by atoms with Crippen LogP contribution in [-0.2, 0) is 4.74 Å². The van der Waals surface area contributed by atoms with Gasteiger partial charge in [0.05, 0.1) is 6.61 Å².